The van der Waals surface area contributed by atoms with Crippen LogP contribution in [0.15, 0.2) is 23.5 Å². The van der Waals surface area contributed by atoms with Gasteiger partial charge in [0.15, 0.2) is 5.16 Å². The molecule has 1 aromatic carbocycles. The molecule has 17 nitrogen and oxygen atoms in total. The fraction of sp³-hybridized carbons (Fsp3) is 0.435. The number of hydrogen-bond acceptors (Lipinski definition) is 13. The number of nitrogens with two attached hydrogens (primary N) is 1. The third kappa shape index (κ3) is 14.9. The smallest absolute Gasteiger partial charge is 0.416 e. The van der Waals surface area contributed by atoms with Crippen LogP contribution in [0.5, 0.6) is 0 Å². The molecule has 0 spiro atoms. The summed E-state index contributed by atoms with van der Waals surface area (Å²) >= 11 is 13.0. The molecule has 3 rings (SSSR count). The Morgan fingerprint density at radius 2 is 1.70 bits per heavy atom. The minimum atomic E-state index is -4.63. The van der Waals surface area contributed by atoms with Gasteiger partial charge in [-0.05, 0) is 46.1 Å². The molecule has 0 fully saturated rings. The van der Waals surface area contributed by atoms with E-state index in [-0.39, 0.29) is 21.3 Å². The Kier molecular flexibility index (Phi) is 15.6. The van der Waals surface area contributed by atoms with Gasteiger partial charge < -0.3 is 31.3 Å². The maximum atomic E-state index is 12.6. The Bertz CT molecular complexity index is 1570. The predicted molar refractivity (Wildman–Crippen MR) is 171 cm³/mol. The normalized spacial score (nSPS) is 11.5. The number of thioether (sulfide) groups is 1. The molecular formula is C23H32Cl2F3N10O7PS. The van der Waals surface area contributed by atoms with Crippen molar-refractivity contribution in [2.75, 3.05) is 42.0 Å². The van der Waals surface area contributed by atoms with Crippen LogP contribution in [0.25, 0.3) is 5.69 Å². The van der Waals surface area contributed by atoms with Crippen molar-refractivity contribution in [2.24, 2.45) is 0 Å². The molecule has 0 atom stereocenters. The number of halogens is 5. The average Bonchev–Trinajstić information content (AvgIpc) is 3.27. The fourth-order valence-corrected chi connectivity index (χ4v) is 4.39. The lowest BCUT2D eigenvalue weighted by molar-refractivity contribution is -0.383. The summed E-state index contributed by atoms with van der Waals surface area (Å²) < 4.78 is 48.7. The number of anilines is 3. The van der Waals surface area contributed by atoms with Crippen molar-refractivity contribution < 1.29 is 42.3 Å². The van der Waals surface area contributed by atoms with Gasteiger partial charge in [0, 0.05) is 12.1 Å². The molecule has 47 heavy (non-hydrogen) atoms. The summed E-state index contributed by atoms with van der Waals surface area (Å²) in [6, 6.07) is 1.27. The number of aliphatic carboxylic acids is 1. The molecule has 2 heterocycles. The molecule has 0 aliphatic rings. The Labute approximate surface area is 280 Å². The van der Waals surface area contributed by atoms with Gasteiger partial charge in [-0.3, -0.25) is 24.8 Å². The van der Waals surface area contributed by atoms with E-state index in [1.54, 1.807) is 0 Å². The van der Waals surface area contributed by atoms with Crippen molar-refractivity contribution in [3.63, 3.8) is 0 Å². The number of nitrogens with one attached hydrogen (secondary N) is 3. The Balaban J connectivity index is 0.000000377. The molecule has 0 aliphatic carbocycles. The molecule has 262 valence electrons. The molecular weight excluding hydrogens is 719 g/mol. The molecule has 0 aliphatic heterocycles. The van der Waals surface area contributed by atoms with E-state index in [4.69, 9.17) is 43.8 Å². The highest BCUT2D eigenvalue weighted by molar-refractivity contribution is 7.98. The lowest BCUT2D eigenvalue weighted by atomic mass is 10.1. The molecule has 0 saturated heterocycles. The van der Waals surface area contributed by atoms with Crippen LogP contribution in [0.4, 0.5) is 36.6 Å². The highest BCUT2D eigenvalue weighted by atomic mass is 35.5. The number of carboxylic acid groups (broad SMARTS) is 1. The topological polar surface area (TPSA) is 257 Å². The molecule has 0 unspecified atom stereocenters. The summed E-state index contributed by atoms with van der Waals surface area (Å²) in [5.41, 5.74) is 3.73. The van der Waals surface area contributed by atoms with Crippen LogP contribution in [-0.2, 0) is 15.5 Å². The number of carbonyl (C=O) groups is 1. The van der Waals surface area contributed by atoms with Crippen LogP contribution in [-0.4, -0.2) is 81.7 Å². The number of nitrogen functional groups attached to an aromatic ring is 1. The third-order valence-electron chi connectivity index (χ3n) is 4.75. The van der Waals surface area contributed by atoms with E-state index in [0.29, 0.717) is 24.0 Å². The maximum absolute atomic E-state index is 12.6. The number of nitrogens with zero attached hydrogens (tertiary/aromatic N) is 6. The first-order chi connectivity index (χ1) is 21.5. The second-order valence-corrected chi connectivity index (χ2v) is 13.1. The summed E-state index contributed by atoms with van der Waals surface area (Å²) in [4.78, 5) is 48.9. The number of alkyl halides is 3. The molecule has 0 amide bonds. The SMILES string of the molecule is CCNc1nc(NC(C)(C)C)nc(SC)n1.Nc1c([N+](=O)[O-])cnn1-c1c(Cl)cc(C(F)(F)F)cc1Cl.O=C(O)CNCP(=O)(O)O. The second kappa shape index (κ2) is 17.6. The summed E-state index contributed by atoms with van der Waals surface area (Å²) in [5.74, 6) is -0.312. The highest BCUT2D eigenvalue weighted by Crippen LogP contribution is 2.39. The Morgan fingerprint density at radius 1 is 1.15 bits per heavy atom. The van der Waals surface area contributed by atoms with E-state index < -0.39 is 54.6 Å². The fourth-order valence-electron chi connectivity index (χ4n) is 2.98. The van der Waals surface area contributed by atoms with Gasteiger partial charge in [-0.25, -0.2) is 4.68 Å². The predicted octanol–water partition coefficient (Wildman–Crippen LogP) is 4.72. The summed E-state index contributed by atoms with van der Waals surface area (Å²) in [6.07, 6.45) is -2.43. The first-order valence-electron chi connectivity index (χ1n) is 12.8. The van der Waals surface area contributed by atoms with Crippen LogP contribution < -0.4 is 21.7 Å². The minimum Gasteiger partial charge on any atom is -0.480 e. The van der Waals surface area contributed by atoms with Crippen molar-refractivity contribution in [3.8, 4) is 5.69 Å². The van der Waals surface area contributed by atoms with Crippen LogP contribution >= 0.6 is 42.6 Å². The van der Waals surface area contributed by atoms with Gasteiger partial charge in [-0.1, -0.05) is 35.0 Å². The molecule has 2 aromatic heterocycles. The van der Waals surface area contributed by atoms with Crippen LogP contribution in [0.2, 0.25) is 10.0 Å². The summed E-state index contributed by atoms with van der Waals surface area (Å²) in [7, 11) is -4.10. The number of rotatable bonds is 10. The lowest BCUT2D eigenvalue weighted by Gasteiger charge is -2.20. The zero-order valence-electron chi connectivity index (χ0n) is 25.3. The van der Waals surface area contributed by atoms with Crippen molar-refractivity contribution in [1.29, 1.82) is 0 Å². The lowest BCUT2D eigenvalue weighted by Crippen LogP contribution is -2.27. The Hall–Kier alpha value is -3.46. The van der Waals surface area contributed by atoms with Crippen molar-refractivity contribution in [1.82, 2.24) is 30.0 Å². The van der Waals surface area contributed by atoms with Gasteiger partial charge in [0.25, 0.3) is 0 Å². The quantitative estimate of drug-likeness (QED) is 0.0640. The summed E-state index contributed by atoms with van der Waals surface area (Å²) in [6.45, 7) is 8.59. The van der Waals surface area contributed by atoms with Crippen molar-refractivity contribution in [3.05, 3.63) is 44.1 Å². The van der Waals surface area contributed by atoms with Crippen molar-refractivity contribution >= 4 is 71.9 Å². The first-order valence-corrected chi connectivity index (χ1v) is 16.6. The van der Waals surface area contributed by atoms with Crippen LogP contribution in [0, 0.1) is 10.1 Å². The van der Waals surface area contributed by atoms with Gasteiger partial charge in [0.05, 0.1) is 33.4 Å². The first kappa shape index (κ1) is 41.6. The average molecular weight is 752 g/mol. The molecule has 3 aromatic rings. The summed E-state index contributed by atoms with van der Waals surface area (Å²) in [5, 5.41) is 30.6. The monoisotopic (exact) mass is 750 g/mol. The van der Waals surface area contributed by atoms with E-state index in [1.807, 2.05) is 13.2 Å². The van der Waals surface area contributed by atoms with E-state index in [2.05, 4.69) is 56.8 Å². The van der Waals surface area contributed by atoms with E-state index >= 15 is 0 Å². The number of aromatic nitrogens is 5. The van der Waals surface area contributed by atoms with Gasteiger partial charge in [0.2, 0.25) is 17.7 Å². The maximum Gasteiger partial charge on any atom is 0.416 e. The number of hydrogen-bond donors (Lipinski definition) is 7. The standard InChI is InChI=1S/C10H5Cl2F3N4O2.C10H19N5S.C3H8NO5P/c11-5-1-4(10(13,14)15)2-6(12)8(5)18-9(16)7(3-17-18)19(20)21;1-6-11-7-12-8(15-10(2,3)4)14-9(13-7)16-5;5-3(6)1-4-2-10(7,8)9/h1-3H,16H2;6H2,1-5H3,(H2,11,12,13,14,15);4H,1-2H2,(H,5,6)(H2,7,8,9). The number of nitro groups is 1. The molecule has 0 saturated carbocycles. The van der Waals surface area contributed by atoms with Crippen LogP contribution in [0.1, 0.15) is 33.3 Å². The minimum absolute atomic E-state index is 0.0550. The van der Waals surface area contributed by atoms with E-state index in [0.717, 1.165) is 22.6 Å². The van der Waals surface area contributed by atoms with Crippen molar-refractivity contribution in [2.45, 2.75) is 44.6 Å². The van der Waals surface area contributed by atoms with E-state index in [9.17, 15) is 32.6 Å². The zero-order chi connectivity index (χ0) is 36.3. The Morgan fingerprint density at radius 3 is 2.11 bits per heavy atom. The molecule has 0 radical (unpaired) electrons. The van der Waals surface area contributed by atoms with Gasteiger partial charge in [0.1, 0.15) is 11.9 Å². The second-order valence-electron chi connectivity index (χ2n) is 9.89. The highest BCUT2D eigenvalue weighted by Gasteiger charge is 2.33. The van der Waals surface area contributed by atoms with Gasteiger partial charge in [-0.2, -0.15) is 33.2 Å². The largest absolute Gasteiger partial charge is 0.480 e. The molecule has 8 N–H and O–H groups in total. The third-order valence-corrected chi connectivity index (χ3v) is 6.51. The number of carboxylic acids is 1. The van der Waals surface area contributed by atoms with Crippen LogP contribution in [0.3, 0.4) is 0 Å². The van der Waals surface area contributed by atoms with E-state index in [1.165, 1.54) is 11.8 Å². The van der Waals surface area contributed by atoms with Gasteiger partial charge in [-0.15, -0.1) is 0 Å². The zero-order valence-corrected chi connectivity index (χ0v) is 28.6. The molecule has 24 heteroatoms. The molecule has 0 bridgehead atoms. The van der Waals surface area contributed by atoms with Gasteiger partial charge >= 0.3 is 25.4 Å². The number of benzene rings is 1.